The molecule has 0 saturated carbocycles. The maximum Gasteiger partial charge on any atom is 0.387 e. The molecule has 10 heteroatoms. The molecule has 2 rings (SSSR count). The minimum Gasteiger partial charge on any atom is -0.497 e. The SMILES string of the molecule is COc1ccc(S(=O)(=O)Nc2ccc(OC(F)F)c(Cl)c2)c(OC)c1. The van der Waals surface area contributed by atoms with Gasteiger partial charge in [0.05, 0.1) is 24.9 Å². The van der Waals surface area contributed by atoms with E-state index in [-0.39, 0.29) is 27.1 Å². The summed E-state index contributed by atoms with van der Waals surface area (Å²) in [5.74, 6) is 0.240. The van der Waals surface area contributed by atoms with Crippen LogP contribution in [0.1, 0.15) is 0 Å². The minimum atomic E-state index is -4.01. The standard InChI is InChI=1S/C15H14ClF2NO5S/c1-22-10-4-6-14(13(8-10)23-2)25(20,21)19-9-3-5-12(11(16)7-9)24-15(17)18/h3-8,15,19H,1-2H3. The van der Waals surface area contributed by atoms with Crippen molar-refractivity contribution in [1.82, 2.24) is 0 Å². The van der Waals surface area contributed by atoms with E-state index in [1.165, 1.54) is 38.5 Å². The Balaban J connectivity index is 2.31. The maximum absolute atomic E-state index is 12.5. The Morgan fingerprint density at radius 1 is 1.04 bits per heavy atom. The van der Waals surface area contributed by atoms with Gasteiger partial charge in [0.15, 0.2) is 0 Å². The highest BCUT2D eigenvalue weighted by atomic mass is 35.5. The molecular weight excluding hydrogens is 380 g/mol. The van der Waals surface area contributed by atoms with Gasteiger partial charge < -0.3 is 14.2 Å². The molecule has 6 nitrogen and oxygen atoms in total. The summed E-state index contributed by atoms with van der Waals surface area (Å²) < 4.78 is 66.1. The molecule has 2 aromatic carbocycles. The van der Waals surface area contributed by atoms with E-state index < -0.39 is 16.6 Å². The topological polar surface area (TPSA) is 73.9 Å². The Bertz CT molecular complexity index is 861. The Morgan fingerprint density at radius 2 is 1.76 bits per heavy atom. The highest BCUT2D eigenvalue weighted by Gasteiger charge is 2.21. The Morgan fingerprint density at radius 3 is 2.32 bits per heavy atom. The Labute approximate surface area is 148 Å². The lowest BCUT2D eigenvalue weighted by atomic mass is 10.3. The third-order valence-corrected chi connectivity index (χ3v) is 4.78. The first kappa shape index (κ1) is 19.1. The fraction of sp³-hybridized carbons (Fsp3) is 0.200. The molecule has 0 heterocycles. The number of halogens is 3. The zero-order chi connectivity index (χ0) is 18.6. The maximum atomic E-state index is 12.5. The van der Waals surface area contributed by atoms with E-state index in [1.54, 1.807) is 0 Å². The first-order valence-electron chi connectivity index (χ1n) is 6.76. The van der Waals surface area contributed by atoms with Crippen LogP contribution in [-0.4, -0.2) is 29.2 Å². The summed E-state index contributed by atoms with van der Waals surface area (Å²) >= 11 is 5.81. The van der Waals surface area contributed by atoms with Crippen LogP contribution in [0.2, 0.25) is 5.02 Å². The molecule has 0 aromatic heterocycles. The number of methoxy groups -OCH3 is 2. The van der Waals surface area contributed by atoms with Crippen LogP contribution in [0.4, 0.5) is 14.5 Å². The van der Waals surface area contributed by atoms with Crippen molar-refractivity contribution in [2.75, 3.05) is 18.9 Å². The van der Waals surface area contributed by atoms with Crippen molar-refractivity contribution in [3.8, 4) is 17.2 Å². The molecule has 2 aromatic rings. The largest absolute Gasteiger partial charge is 0.497 e. The molecule has 0 saturated heterocycles. The monoisotopic (exact) mass is 393 g/mol. The number of hydrogen-bond donors (Lipinski definition) is 1. The predicted molar refractivity (Wildman–Crippen MR) is 88.4 cm³/mol. The second-order valence-corrected chi connectivity index (χ2v) is 6.70. The van der Waals surface area contributed by atoms with Gasteiger partial charge in [0.25, 0.3) is 10.0 Å². The first-order chi connectivity index (χ1) is 11.8. The molecule has 0 bridgehead atoms. The minimum absolute atomic E-state index is 0.0736. The van der Waals surface area contributed by atoms with E-state index in [2.05, 4.69) is 9.46 Å². The van der Waals surface area contributed by atoms with E-state index in [4.69, 9.17) is 21.1 Å². The molecule has 0 aliphatic carbocycles. The van der Waals surface area contributed by atoms with Gasteiger partial charge in [-0.3, -0.25) is 4.72 Å². The Kier molecular flexibility index (Phi) is 5.91. The van der Waals surface area contributed by atoms with Crippen LogP contribution in [0.15, 0.2) is 41.3 Å². The average molecular weight is 394 g/mol. The summed E-state index contributed by atoms with van der Waals surface area (Å²) in [6.07, 6.45) is 0. The van der Waals surface area contributed by atoms with Crippen molar-refractivity contribution >= 4 is 27.3 Å². The Hall–Kier alpha value is -2.26. The van der Waals surface area contributed by atoms with Crippen LogP contribution >= 0.6 is 11.6 Å². The third kappa shape index (κ3) is 4.64. The van der Waals surface area contributed by atoms with Crippen molar-refractivity contribution in [3.05, 3.63) is 41.4 Å². The molecule has 0 amide bonds. The van der Waals surface area contributed by atoms with Crippen LogP contribution in [-0.2, 0) is 10.0 Å². The summed E-state index contributed by atoms with van der Waals surface area (Å²) in [7, 11) is -1.25. The number of sulfonamides is 1. The summed E-state index contributed by atoms with van der Waals surface area (Å²) in [4.78, 5) is -0.125. The molecule has 1 N–H and O–H groups in total. The van der Waals surface area contributed by atoms with E-state index in [1.807, 2.05) is 0 Å². The summed E-state index contributed by atoms with van der Waals surface area (Å²) in [6, 6.07) is 7.74. The van der Waals surface area contributed by atoms with Crippen LogP contribution in [0.25, 0.3) is 0 Å². The smallest absolute Gasteiger partial charge is 0.387 e. The lowest BCUT2D eigenvalue weighted by Gasteiger charge is -2.13. The molecule has 0 atom stereocenters. The molecule has 0 aliphatic heterocycles. The predicted octanol–water partition coefficient (Wildman–Crippen LogP) is 3.76. The lowest BCUT2D eigenvalue weighted by molar-refractivity contribution is -0.0497. The van der Waals surface area contributed by atoms with E-state index >= 15 is 0 Å². The van der Waals surface area contributed by atoms with Crippen LogP contribution in [0.5, 0.6) is 17.2 Å². The van der Waals surface area contributed by atoms with Crippen molar-refractivity contribution in [2.45, 2.75) is 11.5 Å². The molecule has 0 fully saturated rings. The fourth-order valence-electron chi connectivity index (χ4n) is 1.96. The summed E-state index contributed by atoms with van der Waals surface area (Å²) in [5, 5.41) is -0.165. The number of alkyl halides is 2. The van der Waals surface area contributed by atoms with Gasteiger partial charge in [-0.15, -0.1) is 0 Å². The molecule has 0 aliphatic rings. The molecular formula is C15H14ClF2NO5S. The van der Waals surface area contributed by atoms with E-state index in [0.717, 1.165) is 12.1 Å². The highest BCUT2D eigenvalue weighted by Crippen LogP contribution is 2.32. The molecule has 0 radical (unpaired) electrons. The molecule has 0 unspecified atom stereocenters. The van der Waals surface area contributed by atoms with E-state index in [0.29, 0.717) is 5.75 Å². The normalized spacial score (nSPS) is 11.3. The second-order valence-electron chi connectivity index (χ2n) is 4.65. The first-order valence-corrected chi connectivity index (χ1v) is 8.62. The summed E-state index contributed by atoms with van der Waals surface area (Å²) in [6.45, 7) is -3.04. The number of benzene rings is 2. The van der Waals surface area contributed by atoms with Gasteiger partial charge in [-0.1, -0.05) is 11.6 Å². The number of ether oxygens (including phenoxy) is 3. The number of rotatable bonds is 7. The molecule has 136 valence electrons. The van der Waals surface area contributed by atoms with Gasteiger partial charge in [0.2, 0.25) is 0 Å². The van der Waals surface area contributed by atoms with Gasteiger partial charge in [0, 0.05) is 6.07 Å². The van der Waals surface area contributed by atoms with Gasteiger partial charge in [0.1, 0.15) is 22.1 Å². The number of anilines is 1. The van der Waals surface area contributed by atoms with Gasteiger partial charge in [-0.25, -0.2) is 8.42 Å². The average Bonchev–Trinajstić information content (AvgIpc) is 2.56. The van der Waals surface area contributed by atoms with Crippen molar-refractivity contribution in [1.29, 1.82) is 0 Å². The van der Waals surface area contributed by atoms with Crippen LogP contribution in [0, 0.1) is 0 Å². The number of nitrogens with one attached hydrogen (secondary N) is 1. The van der Waals surface area contributed by atoms with Crippen molar-refractivity contribution in [2.24, 2.45) is 0 Å². The zero-order valence-corrected chi connectivity index (χ0v) is 14.7. The second kappa shape index (κ2) is 7.75. The quantitative estimate of drug-likeness (QED) is 0.775. The van der Waals surface area contributed by atoms with Gasteiger partial charge in [-0.05, 0) is 30.3 Å². The van der Waals surface area contributed by atoms with Crippen molar-refractivity contribution in [3.63, 3.8) is 0 Å². The zero-order valence-electron chi connectivity index (χ0n) is 13.1. The third-order valence-electron chi connectivity index (χ3n) is 3.06. The number of hydrogen-bond acceptors (Lipinski definition) is 5. The molecule has 0 spiro atoms. The van der Waals surface area contributed by atoms with Gasteiger partial charge >= 0.3 is 6.61 Å². The van der Waals surface area contributed by atoms with Gasteiger partial charge in [-0.2, -0.15) is 8.78 Å². The summed E-state index contributed by atoms with van der Waals surface area (Å²) in [5.41, 5.74) is 0.0736. The van der Waals surface area contributed by atoms with E-state index in [9.17, 15) is 17.2 Å². The van der Waals surface area contributed by atoms with Crippen molar-refractivity contribution < 1.29 is 31.4 Å². The molecule has 25 heavy (non-hydrogen) atoms. The lowest BCUT2D eigenvalue weighted by Crippen LogP contribution is -2.14. The van der Waals surface area contributed by atoms with Crippen LogP contribution in [0.3, 0.4) is 0 Å². The fourth-order valence-corrected chi connectivity index (χ4v) is 3.39. The highest BCUT2D eigenvalue weighted by molar-refractivity contribution is 7.92. The van der Waals surface area contributed by atoms with Crippen LogP contribution < -0.4 is 18.9 Å².